The smallest absolute Gasteiger partial charge is 0.410 e. The van der Waals surface area contributed by atoms with Crippen molar-refractivity contribution in [3.8, 4) is 0 Å². The van der Waals surface area contributed by atoms with Gasteiger partial charge in [0.1, 0.15) is 5.60 Å². The van der Waals surface area contributed by atoms with Gasteiger partial charge in [0.25, 0.3) is 0 Å². The maximum atomic E-state index is 12.0. The van der Waals surface area contributed by atoms with Crippen LogP contribution < -0.4 is 11.1 Å². The zero-order valence-corrected chi connectivity index (χ0v) is 16.3. The molecule has 0 bridgehead atoms. The largest absolute Gasteiger partial charge is 0.444 e. The Bertz CT molecular complexity index is 576. The first-order valence-corrected chi connectivity index (χ1v) is 8.74. The van der Waals surface area contributed by atoms with Crippen molar-refractivity contribution in [2.24, 2.45) is 10.7 Å². The van der Waals surface area contributed by atoms with Gasteiger partial charge in [0.2, 0.25) is 0 Å². The zero-order valence-electron chi connectivity index (χ0n) is 16.3. The van der Waals surface area contributed by atoms with Crippen molar-refractivity contribution in [2.75, 3.05) is 18.9 Å². The van der Waals surface area contributed by atoms with E-state index in [1.54, 1.807) is 11.9 Å². The molecule has 140 valence electrons. The lowest BCUT2D eigenvalue weighted by atomic mass is 10.1. The molecule has 1 amide bonds. The number of benzene rings is 1. The molecule has 6 heteroatoms. The lowest BCUT2D eigenvalue weighted by molar-refractivity contribution is 0.0231. The number of aryl methyl sites for hydroxylation is 1. The van der Waals surface area contributed by atoms with Crippen molar-refractivity contribution in [1.29, 1.82) is 0 Å². The number of amides is 1. The zero-order chi connectivity index (χ0) is 19.0. The minimum atomic E-state index is -0.495. The van der Waals surface area contributed by atoms with Crippen LogP contribution in [0.15, 0.2) is 29.3 Å². The van der Waals surface area contributed by atoms with E-state index in [4.69, 9.17) is 10.5 Å². The highest BCUT2D eigenvalue weighted by molar-refractivity contribution is 5.92. The summed E-state index contributed by atoms with van der Waals surface area (Å²) < 4.78 is 5.36. The topological polar surface area (TPSA) is 80.0 Å². The van der Waals surface area contributed by atoms with E-state index in [0.29, 0.717) is 18.9 Å². The van der Waals surface area contributed by atoms with E-state index in [-0.39, 0.29) is 12.1 Å². The molecule has 0 aromatic heterocycles. The number of nitrogens with one attached hydrogen (secondary N) is 1. The number of nitrogens with two attached hydrogens (primary N) is 1. The van der Waals surface area contributed by atoms with E-state index in [9.17, 15) is 4.79 Å². The molecule has 0 radical (unpaired) electrons. The van der Waals surface area contributed by atoms with E-state index >= 15 is 0 Å². The van der Waals surface area contributed by atoms with Crippen LogP contribution in [0.5, 0.6) is 0 Å². The Morgan fingerprint density at radius 3 is 2.44 bits per heavy atom. The first-order chi connectivity index (χ1) is 11.6. The molecule has 25 heavy (non-hydrogen) atoms. The second-order valence-electron chi connectivity index (χ2n) is 7.17. The Balaban J connectivity index is 2.45. The fraction of sp³-hybridized carbons (Fsp3) is 0.579. The Labute approximate surface area is 151 Å². The highest BCUT2D eigenvalue weighted by Gasteiger charge is 2.22. The Morgan fingerprint density at radius 2 is 1.92 bits per heavy atom. The summed E-state index contributed by atoms with van der Waals surface area (Å²) in [5.74, 6) is 0.372. The molecule has 0 saturated carbocycles. The highest BCUT2D eigenvalue weighted by atomic mass is 16.6. The van der Waals surface area contributed by atoms with Crippen LogP contribution in [-0.2, 0) is 11.2 Å². The molecule has 0 aliphatic rings. The second kappa shape index (κ2) is 9.30. The Hall–Kier alpha value is -2.24. The molecule has 1 atom stereocenters. The first-order valence-electron chi connectivity index (χ1n) is 8.74. The van der Waals surface area contributed by atoms with Crippen molar-refractivity contribution in [3.05, 3.63) is 29.8 Å². The number of guanidine groups is 1. The third-order valence-electron chi connectivity index (χ3n) is 3.81. The number of aliphatic imine (C=N–C) groups is 1. The van der Waals surface area contributed by atoms with E-state index in [1.165, 1.54) is 5.56 Å². The Morgan fingerprint density at radius 1 is 1.32 bits per heavy atom. The molecule has 1 unspecified atom stereocenters. The average molecular weight is 348 g/mol. The van der Waals surface area contributed by atoms with E-state index in [1.807, 2.05) is 39.8 Å². The molecule has 6 nitrogen and oxygen atoms in total. The third kappa shape index (κ3) is 7.92. The number of rotatable bonds is 6. The van der Waals surface area contributed by atoms with Crippen molar-refractivity contribution in [2.45, 2.75) is 59.1 Å². The predicted octanol–water partition coefficient (Wildman–Crippen LogP) is 3.62. The lowest BCUT2D eigenvalue weighted by Gasteiger charge is -2.28. The number of hydrogen-bond donors (Lipinski definition) is 2. The number of carbonyl (C=O) groups excluding carboxylic acids is 1. The molecule has 0 aliphatic heterocycles. The van der Waals surface area contributed by atoms with Gasteiger partial charge in [0.15, 0.2) is 5.96 Å². The van der Waals surface area contributed by atoms with Crippen LogP contribution in [0.2, 0.25) is 0 Å². The highest BCUT2D eigenvalue weighted by Crippen LogP contribution is 2.12. The summed E-state index contributed by atoms with van der Waals surface area (Å²) in [5.41, 5.74) is 7.61. The van der Waals surface area contributed by atoms with Gasteiger partial charge in [-0.3, -0.25) is 4.99 Å². The SMILES string of the molecule is CCc1ccc(NC(N)=NCCC(C)N(C)C(=O)OC(C)(C)C)cc1. The fourth-order valence-electron chi connectivity index (χ4n) is 2.09. The summed E-state index contributed by atoms with van der Waals surface area (Å²) in [7, 11) is 1.74. The van der Waals surface area contributed by atoms with Crippen molar-refractivity contribution >= 4 is 17.7 Å². The van der Waals surface area contributed by atoms with Crippen LogP contribution in [0.4, 0.5) is 10.5 Å². The van der Waals surface area contributed by atoms with Crippen molar-refractivity contribution < 1.29 is 9.53 Å². The van der Waals surface area contributed by atoms with Gasteiger partial charge in [-0.25, -0.2) is 4.79 Å². The van der Waals surface area contributed by atoms with Crippen LogP contribution >= 0.6 is 0 Å². The first kappa shape index (κ1) is 20.8. The molecule has 1 aromatic rings. The second-order valence-corrected chi connectivity index (χ2v) is 7.17. The maximum Gasteiger partial charge on any atom is 0.410 e. The molecule has 0 fully saturated rings. The van der Waals surface area contributed by atoms with E-state index in [2.05, 4.69) is 29.4 Å². The predicted molar refractivity (Wildman–Crippen MR) is 104 cm³/mol. The molecular formula is C19H32N4O2. The lowest BCUT2D eigenvalue weighted by Crippen LogP contribution is -2.39. The van der Waals surface area contributed by atoms with Gasteiger partial charge in [-0.05, 0) is 58.2 Å². The number of ether oxygens (including phenoxy) is 1. The minimum Gasteiger partial charge on any atom is -0.444 e. The number of anilines is 1. The van der Waals surface area contributed by atoms with Crippen LogP contribution in [0.25, 0.3) is 0 Å². The summed E-state index contributed by atoms with van der Waals surface area (Å²) in [5, 5.41) is 3.07. The van der Waals surface area contributed by atoms with Crippen molar-refractivity contribution in [3.63, 3.8) is 0 Å². The molecular weight excluding hydrogens is 316 g/mol. The molecule has 0 aliphatic carbocycles. The van der Waals surface area contributed by atoms with Crippen LogP contribution in [0, 0.1) is 0 Å². The molecule has 0 heterocycles. The minimum absolute atomic E-state index is 0.00948. The van der Waals surface area contributed by atoms with Crippen LogP contribution in [-0.4, -0.2) is 42.2 Å². The molecule has 1 rings (SSSR count). The average Bonchev–Trinajstić information content (AvgIpc) is 2.53. The Kier molecular flexibility index (Phi) is 7.74. The molecule has 0 saturated heterocycles. The van der Waals surface area contributed by atoms with E-state index < -0.39 is 5.60 Å². The van der Waals surface area contributed by atoms with Gasteiger partial charge >= 0.3 is 6.09 Å². The fourth-order valence-corrected chi connectivity index (χ4v) is 2.09. The van der Waals surface area contributed by atoms with Gasteiger partial charge in [-0.2, -0.15) is 0 Å². The molecule has 0 spiro atoms. The molecule has 1 aromatic carbocycles. The van der Waals surface area contributed by atoms with Crippen LogP contribution in [0.1, 0.15) is 46.6 Å². The van der Waals surface area contributed by atoms with Crippen LogP contribution in [0.3, 0.4) is 0 Å². The maximum absolute atomic E-state index is 12.0. The monoisotopic (exact) mass is 348 g/mol. The summed E-state index contributed by atoms with van der Waals surface area (Å²) in [6.45, 7) is 10.2. The number of hydrogen-bond acceptors (Lipinski definition) is 3. The van der Waals surface area contributed by atoms with Gasteiger partial charge in [-0.1, -0.05) is 19.1 Å². The van der Waals surface area contributed by atoms with E-state index in [0.717, 1.165) is 12.1 Å². The summed E-state index contributed by atoms with van der Waals surface area (Å²) in [6.07, 6.45) is 1.38. The van der Waals surface area contributed by atoms with Gasteiger partial charge in [0.05, 0.1) is 0 Å². The van der Waals surface area contributed by atoms with Crippen molar-refractivity contribution in [1.82, 2.24) is 4.90 Å². The van der Waals surface area contributed by atoms with Gasteiger partial charge in [-0.15, -0.1) is 0 Å². The summed E-state index contributed by atoms with van der Waals surface area (Å²) >= 11 is 0. The van der Waals surface area contributed by atoms with Gasteiger partial charge in [0, 0.05) is 25.3 Å². The summed E-state index contributed by atoms with van der Waals surface area (Å²) in [4.78, 5) is 17.9. The number of nitrogens with zero attached hydrogens (tertiary/aromatic N) is 2. The third-order valence-corrected chi connectivity index (χ3v) is 3.81. The quantitative estimate of drug-likeness (QED) is 0.608. The molecule has 3 N–H and O–H groups in total. The summed E-state index contributed by atoms with van der Waals surface area (Å²) in [6, 6.07) is 8.11. The number of carbonyl (C=O) groups is 1. The normalized spacial score (nSPS) is 13.3. The standard InChI is InChI=1S/C19H32N4O2/c1-7-15-8-10-16(11-9-15)22-17(20)21-13-12-14(2)23(6)18(24)25-19(3,4)5/h8-11,14H,7,12-13H2,1-6H3,(H3,20,21,22). The van der Waals surface area contributed by atoms with Gasteiger partial charge < -0.3 is 20.7 Å².